The average molecular weight is 267 g/mol. The molecule has 3 N–H and O–H groups in total. The van der Waals surface area contributed by atoms with Gasteiger partial charge in [-0.3, -0.25) is 4.98 Å². The van der Waals surface area contributed by atoms with Gasteiger partial charge in [0.2, 0.25) is 0 Å². The molecule has 1 rings (SSSR count). The standard InChI is InChI=1S/C12H17N3O4/c1-8-3-4-9(5-13-8)6-14-12(18)15-7-10(19-2)11(16)17/h3-5,10H,6-7H2,1-2H3,(H,16,17)(H2,14,15,18). The van der Waals surface area contributed by atoms with E-state index in [4.69, 9.17) is 5.11 Å². The van der Waals surface area contributed by atoms with Crippen molar-refractivity contribution in [3.8, 4) is 0 Å². The van der Waals surface area contributed by atoms with Gasteiger partial charge in [0.15, 0.2) is 6.10 Å². The number of hydrogen-bond acceptors (Lipinski definition) is 4. The van der Waals surface area contributed by atoms with Gasteiger partial charge in [-0.15, -0.1) is 0 Å². The van der Waals surface area contributed by atoms with Crippen LogP contribution in [-0.4, -0.2) is 41.8 Å². The number of carboxylic acids is 1. The molecule has 2 amide bonds. The Balaban J connectivity index is 2.31. The number of nitrogens with zero attached hydrogens (tertiary/aromatic N) is 1. The lowest BCUT2D eigenvalue weighted by atomic mass is 10.2. The fourth-order valence-corrected chi connectivity index (χ4v) is 1.30. The van der Waals surface area contributed by atoms with Crippen molar-refractivity contribution in [2.75, 3.05) is 13.7 Å². The predicted molar refractivity (Wildman–Crippen MR) is 67.6 cm³/mol. The van der Waals surface area contributed by atoms with Crippen molar-refractivity contribution in [1.82, 2.24) is 15.6 Å². The van der Waals surface area contributed by atoms with Gasteiger partial charge in [-0.1, -0.05) is 6.07 Å². The molecule has 1 atom stereocenters. The summed E-state index contributed by atoms with van der Waals surface area (Å²) >= 11 is 0. The number of ether oxygens (including phenoxy) is 1. The second-order valence-corrected chi connectivity index (χ2v) is 3.93. The second-order valence-electron chi connectivity index (χ2n) is 3.93. The summed E-state index contributed by atoms with van der Waals surface area (Å²) in [7, 11) is 1.27. The SMILES string of the molecule is COC(CNC(=O)NCc1ccc(C)nc1)C(=O)O. The number of amides is 2. The van der Waals surface area contributed by atoms with Crippen molar-refractivity contribution in [1.29, 1.82) is 0 Å². The number of carbonyl (C=O) groups is 2. The van der Waals surface area contributed by atoms with Crippen molar-refractivity contribution in [3.05, 3.63) is 29.6 Å². The lowest BCUT2D eigenvalue weighted by Crippen LogP contribution is -2.42. The van der Waals surface area contributed by atoms with E-state index in [1.165, 1.54) is 7.11 Å². The maximum absolute atomic E-state index is 11.4. The van der Waals surface area contributed by atoms with Crippen LogP contribution >= 0.6 is 0 Å². The first-order valence-corrected chi connectivity index (χ1v) is 5.71. The summed E-state index contributed by atoms with van der Waals surface area (Å²) < 4.78 is 4.69. The van der Waals surface area contributed by atoms with E-state index in [2.05, 4.69) is 20.4 Å². The number of aliphatic carboxylic acids is 1. The Hall–Kier alpha value is -2.15. The number of aromatic nitrogens is 1. The minimum absolute atomic E-state index is 0.0934. The van der Waals surface area contributed by atoms with Crippen LogP contribution in [0.25, 0.3) is 0 Å². The van der Waals surface area contributed by atoms with E-state index < -0.39 is 18.1 Å². The highest BCUT2D eigenvalue weighted by atomic mass is 16.5. The predicted octanol–water partition coefficient (Wildman–Crippen LogP) is 0.289. The van der Waals surface area contributed by atoms with Gasteiger partial charge >= 0.3 is 12.0 Å². The first-order valence-electron chi connectivity index (χ1n) is 5.71. The lowest BCUT2D eigenvalue weighted by molar-refractivity contribution is -0.147. The molecular formula is C12H17N3O4. The van der Waals surface area contributed by atoms with Crippen LogP contribution in [0, 0.1) is 6.92 Å². The fourth-order valence-electron chi connectivity index (χ4n) is 1.30. The van der Waals surface area contributed by atoms with Gasteiger partial charge in [-0.2, -0.15) is 0 Å². The molecule has 1 aromatic rings. The van der Waals surface area contributed by atoms with E-state index in [0.29, 0.717) is 6.54 Å². The van der Waals surface area contributed by atoms with E-state index in [1.807, 2.05) is 19.1 Å². The van der Waals surface area contributed by atoms with E-state index in [1.54, 1.807) is 6.20 Å². The monoisotopic (exact) mass is 267 g/mol. The molecule has 1 aromatic heterocycles. The molecule has 104 valence electrons. The molecule has 0 fully saturated rings. The Morgan fingerprint density at radius 3 is 2.68 bits per heavy atom. The zero-order valence-corrected chi connectivity index (χ0v) is 10.8. The van der Waals surface area contributed by atoms with E-state index in [0.717, 1.165) is 11.3 Å². The molecule has 1 unspecified atom stereocenters. The summed E-state index contributed by atoms with van der Waals surface area (Å²) in [5.41, 5.74) is 1.76. The van der Waals surface area contributed by atoms with Crippen molar-refractivity contribution >= 4 is 12.0 Å². The molecule has 7 heteroatoms. The third-order valence-electron chi connectivity index (χ3n) is 2.43. The molecule has 0 saturated carbocycles. The van der Waals surface area contributed by atoms with E-state index in [9.17, 15) is 9.59 Å². The number of carbonyl (C=O) groups excluding carboxylic acids is 1. The molecule has 0 aliphatic rings. The van der Waals surface area contributed by atoms with Crippen LogP contribution in [0.2, 0.25) is 0 Å². The third-order valence-corrected chi connectivity index (χ3v) is 2.43. The number of carboxylic acid groups (broad SMARTS) is 1. The molecule has 0 aromatic carbocycles. The third kappa shape index (κ3) is 5.35. The Morgan fingerprint density at radius 2 is 2.16 bits per heavy atom. The zero-order valence-electron chi connectivity index (χ0n) is 10.8. The average Bonchev–Trinajstić information content (AvgIpc) is 2.38. The van der Waals surface area contributed by atoms with Crippen LogP contribution in [-0.2, 0) is 16.1 Å². The minimum atomic E-state index is -1.12. The quantitative estimate of drug-likeness (QED) is 0.687. The lowest BCUT2D eigenvalue weighted by Gasteiger charge is -2.12. The molecule has 0 aliphatic heterocycles. The van der Waals surface area contributed by atoms with E-state index in [-0.39, 0.29) is 6.54 Å². The molecule has 1 heterocycles. The summed E-state index contributed by atoms with van der Waals surface area (Å²) in [5, 5.41) is 13.7. The smallest absolute Gasteiger partial charge is 0.334 e. The first kappa shape index (κ1) is 14.9. The van der Waals surface area contributed by atoms with Crippen molar-refractivity contribution in [3.63, 3.8) is 0 Å². The van der Waals surface area contributed by atoms with Gasteiger partial charge in [-0.25, -0.2) is 9.59 Å². The Morgan fingerprint density at radius 1 is 1.42 bits per heavy atom. The van der Waals surface area contributed by atoms with Crippen LogP contribution in [0.5, 0.6) is 0 Å². The first-order chi connectivity index (χ1) is 9.02. The molecular weight excluding hydrogens is 250 g/mol. The van der Waals surface area contributed by atoms with Crippen LogP contribution in [0.15, 0.2) is 18.3 Å². The molecule has 0 saturated heterocycles. The summed E-state index contributed by atoms with van der Waals surface area (Å²) in [6, 6.07) is 3.25. The molecule has 7 nitrogen and oxygen atoms in total. The highest BCUT2D eigenvalue weighted by molar-refractivity contribution is 5.76. The molecule has 0 spiro atoms. The number of pyridine rings is 1. The minimum Gasteiger partial charge on any atom is -0.479 e. The van der Waals surface area contributed by atoms with Crippen molar-refractivity contribution in [2.24, 2.45) is 0 Å². The number of rotatable bonds is 6. The van der Waals surface area contributed by atoms with Gasteiger partial charge < -0.3 is 20.5 Å². The Kier molecular flexibility index (Phi) is 5.74. The number of aryl methyl sites for hydroxylation is 1. The second kappa shape index (κ2) is 7.32. The summed E-state index contributed by atoms with van der Waals surface area (Å²) in [6.45, 7) is 2.11. The normalized spacial score (nSPS) is 11.7. The van der Waals surface area contributed by atoms with E-state index >= 15 is 0 Å². The molecule has 0 radical (unpaired) electrons. The van der Waals surface area contributed by atoms with Crippen LogP contribution in [0.1, 0.15) is 11.3 Å². The summed E-state index contributed by atoms with van der Waals surface area (Å²) in [4.78, 5) is 26.2. The van der Waals surface area contributed by atoms with Gasteiger partial charge in [0.25, 0.3) is 0 Å². The maximum Gasteiger partial charge on any atom is 0.334 e. The number of nitrogens with one attached hydrogen (secondary N) is 2. The van der Waals surface area contributed by atoms with Gasteiger partial charge in [-0.05, 0) is 18.6 Å². The number of urea groups is 1. The van der Waals surface area contributed by atoms with Gasteiger partial charge in [0.05, 0.1) is 6.54 Å². The van der Waals surface area contributed by atoms with Crippen LogP contribution in [0.3, 0.4) is 0 Å². The van der Waals surface area contributed by atoms with Crippen molar-refractivity contribution < 1.29 is 19.4 Å². The van der Waals surface area contributed by atoms with Gasteiger partial charge in [0, 0.05) is 25.5 Å². The topological polar surface area (TPSA) is 101 Å². The summed E-state index contributed by atoms with van der Waals surface area (Å²) in [6.07, 6.45) is 0.622. The fraction of sp³-hybridized carbons (Fsp3) is 0.417. The Labute approximate surface area is 111 Å². The van der Waals surface area contributed by atoms with Crippen LogP contribution < -0.4 is 10.6 Å². The molecule has 19 heavy (non-hydrogen) atoms. The highest BCUT2D eigenvalue weighted by Gasteiger charge is 2.16. The maximum atomic E-state index is 11.4. The van der Waals surface area contributed by atoms with Crippen LogP contribution in [0.4, 0.5) is 4.79 Å². The molecule has 0 bridgehead atoms. The Bertz CT molecular complexity index is 433. The molecule has 0 aliphatic carbocycles. The number of hydrogen-bond donors (Lipinski definition) is 3. The van der Waals surface area contributed by atoms with Gasteiger partial charge in [0.1, 0.15) is 0 Å². The van der Waals surface area contributed by atoms with Crippen molar-refractivity contribution in [2.45, 2.75) is 19.6 Å². The zero-order chi connectivity index (χ0) is 14.3. The highest BCUT2D eigenvalue weighted by Crippen LogP contribution is 1.98. The summed E-state index contributed by atoms with van der Waals surface area (Å²) in [5.74, 6) is -1.12. The number of methoxy groups -OCH3 is 1. The largest absolute Gasteiger partial charge is 0.479 e.